The van der Waals surface area contributed by atoms with Gasteiger partial charge in [0.15, 0.2) is 0 Å². The number of carbonyl (C=O) groups excluding carboxylic acids is 1. The highest BCUT2D eigenvalue weighted by molar-refractivity contribution is 5.85. The van der Waals surface area contributed by atoms with Crippen molar-refractivity contribution in [2.24, 2.45) is 11.8 Å². The highest BCUT2D eigenvalue weighted by Crippen LogP contribution is 2.39. The summed E-state index contributed by atoms with van der Waals surface area (Å²) < 4.78 is 0. The summed E-state index contributed by atoms with van der Waals surface area (Å²) in [5.74, 6) is -0.234. The lowest BCUT2D eigenvalue weighted by atomic mass is 9.75. The first-order valence-corrected chi connectivity index (χ1v) is 8.15. The minimum absolute atomic E-state index is 0.0162. The monoisotopic (exact) mass is 281 g/mol. The number of rotatable bonds is 4. The molecule has 1 heterocycles. The van der Waals surface area contributed by atoms with E-state index in [-0.39, 0.29) is 17.9 Å². The standard InChI is InChI=1S/C16H27NO3/c1-3-11(4-2)15(18)17-13-8-6-5-7-12(13)9-10-14(17)16(19)20/h11-14H,3-10H2,1-2H3,(H,19,20). The van der Waals surface area contributed by atoms with Crippen LogP contribution in [-0.4, -0.2) is 34.0 Å². The molecule has 0 aromatic carbocycles. The second-order valence-corrected chi connectivity index (χ2v) is 6.30. The van der Waals surface area contributed by atoms with Crippen LogP contribution in [0, 0.1) is 11.8 Å². The van der Waals surface area contributed by atoms with Gasteiger partial charge in [0.1, 0.15) is 6.04 Å². The molecular formula is C16H27NO3. The molecular weight excluding hydrogens is 254 g/mol. The Balaban J connectivity index is 2.24. The minimum atomic E-state index is -0.826. The molecule has 2 fully saturated rings. The molecule has 3 unspecified atom stereocenters. The number of amides is 1. The first-order chi connectivity index (χ1) is 9.60. The van der Waals surface area contributed by atoms with Crippen LogP contribution < -0.4 is 0 Å². The Morgan fingerprint density at radius 2 is 1.75 bits per heavy atom. The SMILES string of the molecule is CCC(CC)C(=O)N1C(C(=O)O)CCC2CCCCC21. The van der Waals surface area contributed by atoms with E-state index in [1.54, 1.807) is 4.90 Å². The first-order valence-electron chi connectivity index (χ1n) is 8.15. The molecule has 0 radical (unpaired) electrons. The molecule has 4 heteroatoms. The van der Waals surface area contributed by atoms with E-state index in [0.29, 0.717) is 12.3 Å². The van der Waals surface area contributed by atoms with E-state index < -0.39 is 12.0 Å². The largest absolute Gasteiger partial charge is 0.480 e. The van der Waals surface area contributed by atoms with Crippen LogP contribution in [0.5, 0.6) is 0 Å². The second kappa shape index (κ2) is 6.59. The topological polar surface area (TPSA) is 57.6 Å². The predicted octanol–water partition coefficient (Wildman–Crippen LogP) is 3.06. The summed E-state index contributed by atoms with van der Waals surface area (Å²) in [5.41, 5.74) is 0. The lowest BCUT2D eigenvalue weighted by Gasteiger charge is -2.48. The maximum Gasteiger partial charge on any atom is 0.326 e. The van der Waals surface area contributed by atoms with Crippen LogP contribution in [0.2, 0.25) is 0 Å². The number of nitrogens with zero attached hydrogens (tertiary/aromatic N) is 1. The van der Waals surface area contributed by atoms with Gasteiger partial charge in [-0.25, -0.2) is 4.79 Å². The number of carboxylic acids is 1. The van der Waals surface area contributed by atoms with Crippen molar-refractivity contribution in [2.45, 2.75) is 77.3 Å². The smallest absolute Gasteiger partial charge is 0.326 e. The number of hydrogen-bond acceptors (Lipinski definition) is 2. The predicted molar refractivity (Wildman–Crippen MR) is 77.3 cm³/mol. The van der Waals surface area contributed by atoms with E-state index in [0.717, 1.165) is 38.5 Å². The van der Waals surface area contributed by atoms with E-state index >= 15 is 0 Å². The Kier molecular flexibility index (Phi) is 5.06. The molecule has 0 spiro atoms. The summed E-state index contributed by atoms with van der Waals surface area (Å²) in [4.78, 5) is 26.1. The van der Waals surface area contributed by atoms with E-state index in [1.165, 1.54) is 6.42 Å². The Hall–Kier alpha value is -1.06. The molecule has 1 N–H and O–H groups in total. The number of likely N-dealkylation sites (tertiary alicyclic amines) is 1. The number of piperidine rings is 1. The Bertz CT molecular complexity index is 365. The zero-order valence-electron chi connectivity index (χ0n) is 12.7. The van der Waals surface area contributed by atoms with Crippen LogP contribution in [0.4, 0.5) is 0 Å². The third-order valence-electron chi connectivity index (χ3n) is 5.25. The number of carboxylic acid groups (broad SMARTS) is 1. The van der Waals surface area contributed by atoms with E-state index in [1.807, 2.05) is 13.8 Å². The van der Waals surface area contributed by atoms with Crippen LogP contribution in [0.1, 0.15) is 65.2 Å². The molecule has 1 aliphatic carbocycles. The van der Waals surface area contributed by atoms with Crippen molar-refractivity contribution in [3.8, 4) is 0 Å². The average Bonchev–Trinajstić information content (AvgIpc) is 2.46. The highest BCUT2D eigenvalue weighted by atomic mass is 16.4. The molecule has 0 bridgehead atoms. The second-order valence-electron chi connectivity index (χ2n) is 6.30. The Morgan fingerprint density at radius 3 is 2.35 bits per heavy atom. The first kappa shape index (κ1) is 15.3. The molecule has 20 heavy (non-hydrogen) atoms. The van der Waals surface area contributed by atoms with Gasteiger partial charge >= 0.3 is 5.97 Å². The average molecular weight is 281 g/mol. The summed E-state index contributed by atoms with van der Waals surface area (Å²) in [6, 6.07) is -0.422. The Labute approximate surface area is 121 Å². The number of carbonyl (C=O) groups is 2. The fourth-order valence-corrected chi connectivity index (χ4v) is 4.04. The third-order valence-corrected chi connectivity index (χ3v) is 5.25. The van der Waals surface area contributed by atoms with Gasteiger partial charge in [-0.3, -0.25) is 4.79 Å². The summed E-state index contributed by atoms with van der Waals surface area (Å²) >= 11 is 0. The van der Waals surface area contributed by atoms with Crippen LogP contribution in [0.15, 0.2) is 0 Å². The molecule has 1 amide bonds. The molecule has 1 aliphatic heterocycles. The molecule has 0 aromatic heterocycles. The van der Waals surface area contributed by atoms with Crippen LogP contribution in [0.25, 0.3) is 0 Å². The molecule has 3 atom stereocenters. The maximum atomic E-state index is 12.8. The zero-order chi connectivity index (χ0) is 14.7. The van der Waals surface area contributed by atoms with Gasteiger partial charge in [-0.1, -0.05) is 26.7 Å². The van der Waals surface area contributed by atoms with Crippen molar-refractivity contribution in [3.63, 3.8) is 0 Å². The normalized spacial score (nSPS) is 30.1. The van der Waals surface area contributed by atoms with Crippen molar-refractivity contribution in [3.05, 3.63) is 0 Å². The van der Waals surface area contributed by atoms with Gasteiger partial charge in [0.2, 0.25) is 5.91 Å². The van der Waals surface area contributed by atoms with E-state index in [2.05, 4.69) is 0 Å². The van der Waals surface area contributed by atoms with Crippen molar-refractivity contribution >= 4 is 11.9 Å². The van der Waals surface area contributed by atoms with Gasteiger partial charge in [0.25, 0.3) is 0 Å². The van der Waals surface area contributed by atoms with Gasteiger partial charge in [-0.2, -0.15) is 0 Å². The highest BCUT2D eigenvalue weighted by Gasteiger charge is 2.44. The summed E-state index contributed by atoms with van der Waals surface area (Å²) in [5, 5.41) is 9.48. The molecule has 1 saturated heterocycles. The van der Waals surface area contributed by atoms with Crippen molar-refractivity contribution < 1.29 is 14.7 Å². The van der Waals surface area contributed by atoms with Gasteiger partial charge in [0, 0.05) is 12.0 Å². The molecule has 0 aromatic rings. The lowest BCUT2D eigenvalue weighted by Crippen LogP contribution is -2.58. The minimum Gasteiger partial charge on any atom is -0.480 e. The third kappa shape index (κ3) is 2.84. The maximum absolute atomic E-state index is 12.8. The quantitative estimate of drug-likeness (QED) is 0.861. The summed E-state index contributed by atoms with van der Waals surface area (Å²) in [6.07, 6.45) is 7.69. The van der Waals surface area contributed by atoms with Gasteiger partial charge in [0.05, 0.1) is 0 Å². The summed E-state index contributed by atoms with van der Waals surface area (Å²) in [7, 11) is 0. The van der Waals surface area contributed by atoms with Crippen LogP contribution in [-0.2, 0) is 9.59 Å². The molecule has 2 aliphatic rings. The fourth-order valence-electron chi connectivity index (χ4n) is 4.04. The number of fused-ring (bicyclic) bond motifs is 1. The lowest BCUT2D eigenvalue weighted by molar-refractivity contribution is -0.160. The van der Waals surface area contributed by atoms with Crippen LogP contribution in [0.3, 0.4) is 0 Å². The van der Waals surface area contributed by atoms with E-state index in [9.17, 15) is 14.7 Å². The van der Waals surface area contributed by atoms with Crippen molar-refractivity contribution in [1.82, 2.24) is 4.90 Å². The van der Waals surface area contributed by atoms with Gasteiger partial charge < -0.3 is 10.0 Å². The van der Waals surface area contributed by atoms with E-state index in [4.69, 9.17) is 0 Å². The zero-order valence-corrected chi connectivity index (χ0v) is 12.7. The van der Waals surface area contributed by atoms with Gasteiger partial charge in [-0.05, 0) is 44.4 Å². The molecule has 1 saturated carbocycles. The number of hydrogen-bond donors (Lipinski definition) is 1. The van der Waals surface area contributed by atoms with Crippen molar-refractivity contribution in [1.29, 1.82) is 0 Å². The van der Waals surface area contributed by atoms with Crippen molar-refractivity contribution in [2.75, 3.05) is 0 Å². The Morgan fingerprint density at radius 1 is 1.10 bits per heavy atom. The molecule has 114 valence electrons. The fraction of sp³-hybridized carbons (Fsp3) is 0.875. The number of aliphatic carboxylic acids is 1. The van der Waals surface area contributed by atoms with Crippen LogP contribution >= 0.6 is 0 Å². The molecule has 4 nitrogen and oxygen atoms in total. The summed E-state index contributed by atoms with van der Waals surface area (Å²) in [6.45, 7) is 4.04. The molecule has 2 rings (SSSR count). The van der Waals surface area contributed by atoms with Gasteiger partial charge in [-0.15, -0.1) is 0 Å².